The topological polar surface area (TPSA) is 0 Å². The largest absolute Gasteiger partial charge is 0.0841 e. The Bertz CT molecular complexity index is 282. The van der Waals surface area contributed by atoms with Crippen LogP contribution in [0.3, 0.4) is 0 Å². The summed E-state index contributed by atoms with van der Waals surface area (Å²) >= 11 is 0. The van der Waals surface area contributed by atoms with Crippen LogP contribution in [0.1, 0.15) is 59.1 Å². The van der Waals surface area contributed by atoms with E-state index in [4.69, 9.17) is 0 Å². The first-order chi connectivity index (χ1) is 7.67. The molecule has 0 bridgehead atoms. The fourth-order valence-corrected chi connectivity index (χ4v) is 1.17. The Kier molecular flexibility index (Phi) is 13.1. The van der Waals surface area contributed by atoms with Gasteiger partial charge in [-0.05, 0) is 37.5 Å². The normalized spacial score (nSPS) is 9.56. The van der Waals surface area contributed by atoms with Crippen LogP contribution in [0.5, 0.6) is 0 Å². The SMILES string of the molecule is C/C=C(/C)c1ccccc1C.CC.CCC. The van der Waals surface area contributed by atoms with Crippen molar-refractivity contribution in [2.75, 3.05) is 0 Å². The maximum Gasteiger partial charge on any atom is -0.0201 e. The lowest BCUT2D eigenvalue weighted by molar-refractivity contribution is 1.09. The summed E-state index contributed by atoms with van der Waals surface area (Å²) in [6.07, 6.45) is 3.39. The van der Waals surface area contributed by atoms with Gasteiger partial charge in [-0.15, -0.1) is 0 Å². The van der Waals surface area contributed by atoms with E-state index in [9.17, 15) is 0 Å². The predicted octanol–water partition coefficient (Wildman–Crippen LogP) is 5.86. The van der Waals surface area contributed by atoms with E-state index in [1.54, 1.807) is 0 Å². The summed E-state index contributed by atoms with van der Waals surface area (Å²) in [6, 6.07) is 8.45. The van der Waals surface area contributed by atoms with Crippen LogP contribution in [0.4, 0.5) is 0 Å². The number of hydrogen-bond acceptors (Lipinski definition) is 0. The number of rotatable bonds is 1. The molecule has 0 aliphatic heterocycles. The molecule has 1 rings (SSSR count). The monoisotopic (exact) mass is 220 g/mol. The summed E-state index contributed by atoms with van der Waals surface area (Å²) in [5, 5.41) is 0. The van der Waals surface area contributed by atoms with Crippen molar-refractivity contribution in [3.63, 3.8) is 0 Å². The summed E-state index contributed by atoms with van der Waals surface area (Å²) in [7, 11) is 0. The molecule has 0 aromatic heterocycles. The number of allylic oxidation sites excluding steroid dienone is 2. The maximum absolute atomic E-state index is 2.16. The van der Waals surface area contributed by atoms with Crippen LogP contribution in [-0.2, 0) is 0 Å². The van der Waals surface area contributed by atoms with Gasteiger partial charge in [0.1, 0.15) is 0 Å². The Hall–Kier alpha value is -1.04. The molecule has 0 heteroatoms. The Morgan fingerprint density at radius 1 is 1.12 bits per heavy atom. The van der Waals surface area contributed by atoms with E-state index < -0.39 is 0 Å². The van der Waals surface area contributed by atoms with Crippen LogP contribution in [0.15, 0.2) is 30.3 Å². The van der Waals surface area contributed by atoms with Crippen LogP contribution >= 0.6 is 0 Å². The molecule has 92 valence electrons. The molecule has 0 saturated carbocycles. The smallest absolute Gasteiger partial charge is 0.0201 e. The highest BCUT2D eigenvalue weighted by Crippen LogP contribution is 2.16. The second kappa shape index (κ2) is 12.0. The second-order valence-corrected chi connectivity index (χ2v) is 3.49. The summed E-state index contributed by atoms with van der Waals surface area (Å²) in [5.74, 6) is 0. The quantitative estimate of drug-likeness (QED) is 0.556. The van der Waals surface area contributed by atoms with Crippen molar-refractivity contribution in [1.82, 2.24) is 0 Å². The minimum absolute atomic E-state index is 1.25. The van der Waals surface area contributed by atoms with E-state index in [1.165, 1.54) is 23.1 Å². The number of hydrogen-bond donors (Lipinski definition) is 0. The van der Waals surface area contributed by atoms with Gasteiger partial charge >= 0.3 is 0 Å². The molecule has 1 aromatic rings. The van der Waals surface area contributed by atoms with Gasteiger partial charge in [0.15, 0.2) is 0 Å². The van der Waals surface area contributed by atoms with Crippen molar-refractivity contribution in [2.24, 2.45) is 0 Å². The minimum Gasteiger partial charge on any atom is -0.0841 e. The first-order valence-corrected chi connectivity index (χ1v) is 6.36. The molecule has 0 fully saturated rings. The van der Waals surface area contributed by atoms with Crippen molar-refractivity contribution in [3.05, 3.63) is 41.5 Å². The first-order valence-electron chi connectivity index (χ1n) is 6.36. The molecule has 0 atom stereocenters. The zero-order chi connectivity index (χ0) is 13.0. The Morgan fingerprint density at radius 3 is 1.94 bits per heavy atom. The van der Waals surface area contributed by atoms with Gasteiger partial charge in [0.25, 0.3) is 0 Å². The molecule has 0 aliphatic rings. The van der Waals surface area contributed by atoms with Gasteiger partial charge in [-0.2, -0.15) is 0 Å². The van der Waals surface area contributed by atoms with Gasteiger partial charge in [-0.25, -0.2) is 0 Å². The summed E-state index contributed by atoms with van der Waals surface area (Å²) in [4.78, 5) is 0. The van der Waals surface area contributed by atoms with Crippen molar-refractivity contribution < 1.29 is 0 Å². The zero-order valence-electron chi connectivity index (χ0n) is 12.1. The Balaban J connectivity index is 0. The third kappa shape index (κ3) is 7.28. The van der Waals surface area contributed by atoms with Gasteiger partial charge in [0.2, 0.25) is 0 Å². The number of aryl methyl sites for hydroxylation is 1. The van der Waals surface area contributed by atoms with Crippen LogP contribution < -0.4 is 0 Å². The minimum atomic E-state index is 1.25. The van der Waals surface area contributed by atoms with E-state index in [1.807, 2.05) is 13.8 Å². The van der Waals surface area contributed by atoms with E-state index in [-0.39, 0.29) is 0 Å². The third-order valence-corrected chi connectivity index (χ3v) is 2.00. The lowest BCUT2D eigenvalue weighted by Crippen LogP contribution is -1.83. The van der Waals surface area contributed by atoms with Crippen LogP contribution in [0, 0.1) is 6.92 Å². The highest BCUT2D eigenvalue weighted by molar-refractivity contribution is 5.65. The lowest BCUT2D eigenvalue weighted by Gasteiger charge is -2.03. The molecule has 0 saturated heterocycles. The average molecular weight is 220 g/mol. The van der Waals surface area contributed by atoms with Gasteiger partial charge in [0.05, 0.1) is 0 Å². The standard InChI is InChI=1S/C11H14.C3H8.C2H6/c1-4-9(2)11-8-6-5-7-10(11)3;1-3-2;1-2/h4-8H,1-3H3;3H2,1-2H3;1-2H3/b9-4-;;. The molecular weight excluding hydrogens is 192 g/mol. The number of benzene rings is 1. The third-order valence-electron chi connectivity index (χ3n) is 2.00. The maximum atomic E-state index is 2.16. The molecule has 0 unspecified atom stereocenters. The van der Waals surface area contributed by atoms with Crippen LogP contribution in [-0.4, -0.2) is 0 Å². The molecular formula is C16H28. The van der Waals surface area contributed by atoms with Crippen molar-refractivity contribution in [3.8, 4) is 0 Å². The molecule has 0 amide bonds. The van der Waals surface area contributed by atoms with Crippen molar-refractivity contribution in [1.29, 1.82) is 0 Å². The van der Waals surface area contributed by atoms with E-state index in [0.29, 0.717) is 0 Å². The van der Waals surface area contributed by atoms with Crippen molar-refractivity contribution >= 4 is 5.57 Å². The van der Waals surface area contributed by atoms with E-state index in [0.717, 1.165) is 0 Å². The summed E-state index contributed by atoms with van der Waals surface area (Å²) in [6.45, 7) is 14.6. The average Bonchev–Trinajstić information content (AvgIpc) is 2.32. The molecule has 0 aliphatic carbocycles. The van der Waals surface area contributed by atoms with E-state index >= 15 is 0 Å². The molecule has 1 aromatic carbocycles. The fourth-order valence-electron chi connectivity index (χ4n) is 1.17. The van der Waals surface area contributed by atoms with Crippen LogP contribution in [0.25, 0.3) is 5.57 Å². The Morgan fingerprint density at radius 2 is 1.56 bits per heavy atom. The van der Waals surface area contributed by atoms with Gasteiger partial charge in [0, 0.05) is 0 Å². The van der Waals surface area contributed by atoms with E-state index in [2.05, 4.69) is 65.0 Å². The second-order valence-electron chi connectivity index (χ2n) is 3.49. The molecule has 0 N–H and O–H groups in total. The lowest BCUT2D eigenvalue weighted by atomic mass is 10.0. The molecule has 0 nitrogen and oxygen atoms in total. The van der Waals surface area contributed by atoms with Gasteiger partial charge in [-0.1, -0.05) is 64.5 Å². The van der Waals surface area contributed by atoms with Crippen LogP contribution in [0.2, 0.25) is 0 Å². The first kappa shape index (κ1) is 17.4. The fraction of sp³-hybridized carbons (Fsp3) is 0.500. The molecule has 0 heterocycles. The Labute approximate surface area is 102 Å². The summed E-state index contributed by atoms with van der Waals surface area (Å²) in [5.41, 5.74) is 4.06. The zero-order valence-corrected chi connectivity index (χ0v) is 12.1. The molecule has 16 heavy (non-hydrogen) atoms. The highest BCUT2D eigenvalue weighted by Gasteiger charge is 1.95. The van der Waals surface area contributed by atoms with Gasteiger partial charge in [-0.3, -0.25) is 0 Å². The highest BCUT2D eigenvalue weighted by atomic mass is 14.0. The van der Waals surface area contributed by atoms with Crippen molar-refractivity contribution in [2.45, 2.75) is 54.9 Å². The predicted molar refractivity (Wildman–Crippen MR) is 77.8 cm³/mol. The summed E-state index contributed by atoms with van der Waals surface area (Å²) < 4.78 is 0. The molecule has 0 spiro atoms. The van der Waals surface area contributed by atoms with Gasteiger partial charge < -0.3 is 0 Å². The molecule has 0 radical (unpaired) electrons.